The molecule has 2 aromatic heterocycles. The van der Waals surface area contributed by atoms with Crippen LogP contribution in [0.3, 0.4) is 0 Å². The van der Waals surface area contributed by atoms with Crippen LogP contribution in [0, 0.1) is 10.1 Å². The van der Waals surface area contributed by atoms with E-state index in [0.717, 1.165) is 6.20 Å². The fraction of sp³-hybridized carbons (Fsp3) is 0.278. The maximum Gasteiger partial charge on any atom is 0.316 e. The Labute approximate surface area is 180 Å². The number of carbonyl (C=O) groups is 2. The Balaban J connectivity index is 1.46. The second-order valence-corrected chi connectivity index (χ2v) is 6.25. The van der Waals surface area contributed by atoms with E-state index in [0.29, 0.717) is 17.1 Å². The first-order valence-electron chi connectivity index (χ1n) is 9.19. The first-order chi connectivity index (χ1) is 15.4. The van der Waals surface area contributed by atoms with Crippen LogP contribution in [0.15, 0.2) is 35.1 Å². The van der Waals surface area contributed by atoms with E-state index in [2.05, 4.69) is 25.9 Å². The van der Waals surface area contributed by atoms with Crippen LogP contribution in [-0.4, -0.2) is 64.0 Å². The molecule has 3 rings (SSSR count). The zero-order valence-electron chi connectivity index (χ0n) is 17.1. The summed E-state index contributed by atoms with van der Waals surface area (Å²) >= 11 is 0. The van der Waals surface area contributed by atoms with Crippen molar-refractivity contribution in [3.8, 4) is 11.5 Å². The number of methoxy groups -OCH3 is 2. The van der Waals surface area contributed by atoms with Gasteiger partial charge in [-0.25, -0.2) is 0 Å². The Morgan fingerprint density at radius 1 is 1.16 bits per heavy atom. The summed E-state index contributed by atoms with van der Waals surface area (Å²) in [5, 5.41) is 23.3. The van der Waals surface area contributed by atoms with Gasteiger partial charge in [0.2, 0.25) is 0 Å². The Bertz CT molecular complexity index is 1120. The Morgan fingerprint density at radius 3 is 2.53 bits per heavy atom. The number of hydrogen-bond donors (Lipinski definition) is 2. The van der Waals surface area contributed by atoms with Crippen molar-refractivity contribution in [1.82, 2.24) is 30.6 Å². The van der Waals surface area contributed by atoms with Gasteiger partial charge in [0.25, 0.3) is 5.91 Å². The number of aromatic nitrogens is 4. The van der Waals surface area contributed by atoms with Gasteiger partial charge in [-0.1, -0.05) is 5.16 Å². The molecule has 0 atom stereocenters. The first-order valence-corrected chi connectivity index (χ1v) is 9.19. The van der Waals surface area contributed by atoms with Crippen LogP contribution in [0.4, 0.5) is 5.69 Å². The lowest BCUT2D eigenvalue weighted by Gasteiger charge is -2.10. The van der Waals surface area contributed by atoms with E-state index in [-0.39, 0.29) is 42.9 Å². The Hall–Kier alpha value is -4.49. The predicted octanol–water partition coefficient (Wildman–Crippen LogP) is 0.400. The number of amides is 2. The van der Waals surface area contributed by atoms with Crippen LogP contribution < -0.4 is 20.1 Å². The highest BCUT2D eigenvalue weighted by Gasteiger charge is 2.17. The molecule has 0 radical (unpaired) electrons. The van der Waals surface area contributed by atoms with E-state index in [9.17, 15) is 19.7 Å². The molecular formula is C18H19N7O7. The summed E-state index contributed by atoms with van der Waals surface area (Å²) in [5.41, 5.74) is 0.191. The fourth-order valence-corrected chi connectivity index (χ4v) is 2.60. The van der Waals surface area contributed by atoms with Gasteiger partial charge in [0.15, 0.2) is 17.3 Å². The number of nitro groups is 1. The molecule has 2 heterocycles. The summed E-state index contributed by atoms with van der Waals surface area (Å²) in [4.78, 5) is 38.4. The van der Waals surface area contributed by atoms with Gasteiger partial charge in [-0.3, -0.25) is 24.4 Å². The van der Waals surface area contributed by atoms with Gasteiger partial charge in [0.1, 0.15) is 18.9 Å². The molecule has 0 saturated heterocycles. The van der Waals surface area contributed by atoms with Gasteiger partial charge in [0.05, 0.1) is 19.1 Å². The number of nitrogens with zero attached hydrogens (tertiary/aromatic N) is 5. The van der Waals surface area contributed by atoms with E-state index in [1.165, 1.54) is 25.1 Å². The molecule has 32 heavy (non-hydrogen) atoms. The number of ether oxygens (including phenoxy) is 2. The summed E-state index contributed by atoms with van der Waals surface area (Å²) < 4.78 is 16.4. The van der Waals surface area contributed by atoms with Gasteiger partial charge in [-0.05, 0) is 18.2 Å². The minimum absolute atomic E-state index is 0.00794. The smallest absolute Gasteiger partial charge is 0.316 e. The second kappa shape index (κ2) is 10.0. The van der Waals surface area contributed by atoms with E-state index in [1.54, 1.807) is 18.2 Å². The predicted molar refractivity (Wildman–Crippen MR) is 106 cm³/mol. The van der Waals surface area contributed by atoms with Gasteiger partial charge in [-0.15, -0.1) is 0 Å². The van der Waals surface area contributed by atoms with E-state index in [4.69, 9.17) is 14.0 Å². The molecule has 0 aliphatic heterocycles. The maximum absolute atomic E-state index is 12.2. The highest BCUT2D eigenvalue weighted by atomic mass is 16.6. The van der Waals surface area contributed by atoms with E-state index in [1.807, 2.05) is 0 Å². The van der Waals surface area contributed by atoms with Crippen molar-refractivity contribution in [2.24, 2.45) is 0 Å². The Morgan fingerprint density at radius 2 is 1.88 bits per heavy atom. The van der Waals surface area contributed by atoms with E-state index >= 15 is 0 Å². The molecular weight excluding hydrogens is 426 g/mol. The summed E-state index contributed by atoms with van der Waals surface area (Å²) in [6, 6.07) is 4.74. The van der Waals surface area contributed by atoms with Gasteiger partial charge in [0, 0.05) is 18.7 Å². The SMILES string of the molecule is COc1ccc(C(=O)NCCNC(=O)c2nc(Cn3cc([N+](=O)[O-])cn3)no2)cc1OC. The molecule has 0 saturated carbocycles. The van der Waals surface area contributed by atoms with Crippen molar-refractivity contribution in [1.29, 1.82) is 0 Å². The molecule has 2 N–H and O–H groups in total. The highest BCUT2D eigenvalue weighted by molar-refractivity contribution is 5.95. The minimum atomic E-state index is -0.629. The Kier molecular flexibility index (Phi) is 6.95. The molecule has 0 spiro atoms. The molecule has 0 fully saturated rings. The van der Waals surface area contributed by atoms with Crippen molar-refractivity contribution in [3.63, 3.8) is 0 Å². The minimum Gasteiger partial charge on any atom is -0.493 e. The van der Waals surface area contributed by atoms with Crippen molar-refractivity contribution >= 4 is 17.5 Å². The lowest BCUT2D eigenvalue weighted by Crippen LogP contribution is -2.34. The number of rotatable bonds is 10. The van der Waals surface area contributed by atoms with Gasteiger partial charge < -0.3 is 24.6 Å². The van der Waals surface area contributed by atoms with Crippen LogP contribution in [0.2, 0.25) is 0 Å². The summed E-state index contributed by atoms with van der Waals surface area (Å²) in [6.07, 6.45) is 2.29. The van der Waals surface area contributed by atoms with Crippen LogP contribution in [0.5, 0.6) is 11.5 Å². The summed E-state index contributed by atoms with van der Waals surface area (Å²) in [5.74, 6) is -0.224. The van der Waals surface area contributed by atoms with Crippen LogP contribution in [-0.2, 0) is 6.54 Å². The zero-order valence-corrected chi connectivity index (χ0v) is 17.1. The average Bonchev–Trinajstić information content (AvgIpc) is 3.46. The molecule has 0 bridgehead atoms. The second-order valence-electron chi connectivity index (χ2n) is 6.25. The van der Waals surface area contributed by atoms with Crippen molar-refractivity contribution < 1.29 is 28.5 Å². The molecule has 0 unspecified atom stereocenters. The van der Waals surface area contributed by atoms with Crippen LogP contribution in [0.1, 0.15) is 26.9 Å². The largest absolute Gasteiger partial charge is 0.493 e. The molecule has 168 valence electrons. The van der Waals surface area contributed by atoms with Crippen LogP contribution >= 0.6 is 0 Å². The van der Waals surface area contributed by atoms with E-state index < -0.39 is 10.8 Å². The van der Waals surface area contributed by atoms with Crippen molar-refractivity contribution in [2.75, 3.05) is 27.3 Å². The third-order valence-electron chi connectivity index (χ3n) is 4.14. The zero-order chi connectivity index (χ0) is 23.1. The molecule has 0 aliphatic rings. The standard InChI is InChI=1S/C18H19N7O7/c1-30-13-4-3-11(7-14(13)31-2)16(26)19-5-6-20-17(27)18-22-15(23-32-18)10-24-9-12(8-21-24)25(28)29/h3-4,7-9H,5-6,10H2,1-2H3,(H,19,26)(H,20,27). The molecule has 1 aromatic carbocycles. The summed E-state index contributed by atoms with van der Waals surface area (Å²) in [6.45, 7) is 0.254. The number of carbonyl (C=O) groups excluding carboxylic acids is 2. The number of hydrogen-bond acceptors (Lipinski definition) is 10. The molecule has 3 aromatic rings. The highest BCUT2D eigenvalue weighted by Crippen LogP contribution is 2.27. The third-order valence-corrected chi connectivity index (χ3v) is 4.14. The third kappa shape index (κ3) is 5.35. The molecule has 14 heteroatoms. The maximum atomic E-state index is 12.2. The molecule has 14 nitrogen and oxygen atoms in total. The topological polar surface area (TPSA) is 177 Å². The number of benzene rings is 1. The van der Waals surface area contributed by atoms with Gasteiger partial charge in [-0.2, -0.15) is 10.1 Å². The lowest BCUT2D eigenvalue weighted by atomic mass is 10.2. The fourth-order valence-electron chi connectivity index (χ4n) is 2.60. The summed E-state index contributed by atoms with van der Waals surface area (Å²) in [7, 11) is 2.97. The normalized spacial score (nSPS) is 10.4. The van der Waals surface area contributed by atoms with Gasteiger partial charge >= 0.3 is 17.5 Å². The lowest BCUT2D eigenvalue weighted by molar-refractivity contribution is -0.385. The molecule has 0 aliphatic carbocycles. The monoisotopic (exact) mass is 445 g/mol. The first kappa shape index (κ1) is 22.2. The van der Waals surface area contributed by atoms with Crippen molar-refractivity contribution in [2.45, 2.75) is 6.54 Å². The molecule has 2 amide bonds. The quantitative estimate of drug-likeness (QED) is 0.252. The van der Waals surface area contributed by atoms with Crippen molar-refractivity contribution in [3.05, 3.63) is 58.0 Å². The average molecular weight is 445 g/mol. The number of nitrogens with one attached hydrogen (secondary N) is 2. The van der Waals surface area contributed by atoms with Crippen LogP contribution in [0.25, 0.3) is 0 Å².